The van der Waals surface area contributed by atoms with Crippen molar-refractivity contribution < 1.29 is 9.18 Å². The highest BCUT2D eigenvalue weighted by Crippen LogP contribution is 2.24. The van der Waals surface area contributed by atoms with Gasteiger partial charge < -0.3 is 5.32 Å². The molecule has 144 valence electrons. The quantitative estimate of drug-likeness (QED) is 0.670. The molecule has 3 aromatic rings. The lowest BCUT2D eigenvalue weighted by Crippen LogP contribution is -2.25. The smallest absolute Gasteiger partial charge is 0.271 e. The number of nitrogens with one attached hydrogen (secondary N) is 1. The van der Waals surface area contributed by atoms with E-state index in [1.807, 2.05) is 12.1 Å². The molecule has 1 amide bonds. The minimum atomic E-state index is -0.286. The number of likely N-dealkylation sites (tertiary alicyclic amines) is 1. The molecule has 1 aliphatic rings. The number of nitrogens with zero attached hydrogens (tertiary/aromatic N) is 2. The molecule has 0 atom stereocenters. The zero-order valence-electron chi connectivity index (χ0n) is 15.5. The fraction of sp³-hybridized carbons (Fsp3) is 0.273. The number of hydrogen-bond acceptors (Lipinski definition) is 4. The van der Waals surface area contributed by atoms with Crippen LogP contribution in [0, 0.1) is 5.82 Å². The molecule has 1 saturated heterocycles. The maximum atomic E-state index is 13.1. The molecule has 1 fully saturated rings. The lowest BCUT2D eigenvalue weighted by atomic mass is 10.1. The van der Waals surface area contributed by atoms with Gasteiger partial charge in [0, 0.05) is 24.0 Å². The predicted molar refractivity (Wildman–Crippen MR) is 110 cm³/mol. The summed E-state index contributed by atoms with van der Waals surface area (Å²) in [6.07, 6.45) is 2.53. The van der Waals surface area contributed by atoms with Crippen LogP contribution in [-0.2, 0) is 13.1 Å². The fourth-order valence-corrected chi connectivity index (χ4v) is 4.24. The average molecular weight is 396 g/mol. The third-order valence-electron chi connectivity index (χ3n) is 4.98. The van der Waals surface area contributed by atoms with Crippen molar-refractivity contribution in [3.63, 3.8) is 0 Å². The highest BCUT2D eigenvalue weighted by atomic mass is 32.1. The molecule has 6 heteroatoms. The lowest BCUT2D eigenvalue weighted by Gasteiger charge is -2.17. The Balaban J connectivity index is 1.40. The molecule has 28 heavy (non-hydrogen) atoms. The summed E-state index contributed by atoms with van der Waals surface area (Å²) < 4.78 is 13.1. The van der Waals surface area contributed by atoms with Crippen molar-refractivity contribution in [3.05, 3.63) is 76.5 Å². The van der Waals surface area contributed by atoms with E-state index in [-0.39, 0.29) is 11.7 Å². The molecule has 2 heterocycles. The maximum absolute atomic E-state index is 13.1. The number of halogens is 1. The first-order valence-electron chi connectivity index (χ1n) is 9.48. The van der Waals surface area contributed by atoms with Crippen molar-refractivity contribution in [2.24, 2.45) is 0 Å². The summed E-state index contributed by atoms with van der Waals surface area (Å²) in [5.41, 5.74) is 3.59. The summed E-state index contributed by atoms with van der Waals surface area (Å²) in [5, 5.41) is 5.43. The van der Waals surface area contributed by atoms with Crippen LogP contribution < -0.4 is 5.32 Å². The minimum Gasteiger partial charge on any atom is -0.347 e. The van der Waals surface area contributed by atoms with E-state index in [0.29, 0.717) is 17.2 Å². The van der Waals surface area contributed by atoms with E-state index < -0.39 is 0 Å². The molecule has 0 aliphatic carbocycles. The monoisotopic (exact) mass is 395 g/mol. The van der Waals surface area contributed by atoms with Gasteiger partial charge in [-0.25, -0.2) is 9.37 Å². The summed E-state index contributed by atoms with van der Waals surface area (Å²) in [4.78, 5) is 19.4. The van der Waals surface area contributed by atoms with Crippen LogP contribution in [0.5, 0.6) is 0 Å². The molecular weight excluding hydrogens is 373 g/mol. The second-order valence-corrected chi connectivity index (χ2v) is 7.84. The molecule has 0 saturated carbocycles. The molecule has 1 aliphatic heterocycles. The van der Waals surface area contributed by atoms with E-state index >= 15 is 0 Å². The zero-order valence-corrected chi connectivity index (χ0v) is 16.3. The van der Waals surface area contributed by atoms with Gasteiger partial charge in [-0.3, -0.25) is 9.69 Å². The molecule has 0 spiro atoms. The van der Waals surface area contributed by atoms with Crippen LogP contribution in [0.3, 0.4) is 0 Å². The molecule has 4 nitrogen and oxygen atoms in total. The van der Waals surface area contributed by atoms with Crippen molar-refractivity contribution in [2.75, 3.05) is 13.1 Å². The Morgan fingerprint density at radius 3 is 2.54 bits per heavy atom. The largest absolute Gasteiger partial charge is 0.347 e. The number of thiazole rings is 1. The van der Waals surface area contributed by atoms with E-state index in [1.165, 1.54) is 41.9 Å². The van der Waals surface area contributed by atoms with Gasteiger partial charge >= 0.3 is 0 Å². The summed E-state index contributed by atoms with van der Waals surface area (Å²) in [6.45, 7) is 3.70. The van der Waals surface area contributed by atoms with Crippen molar-refractivity contribution in [1.29, 1.82) is 0 Å². The Kier molecular flexibility index (Phi) is 5.78. The number of carbonyl (C=O) groups is 1. The van der Waals surface area contributed by atoms with Crippen molar-refractivity contribution in [3.8, 4) is 10.6 Å². The lowest BCUT2D eigenvalue weighted by molar-refractivity contribution is 0.0946. The Morgan fingerprint density at radius 2 is 1.79 bits per heavy atom. The van der Waals surface area contributed by atoms with E-state index in [1.54, 1.807) is 17.5 Å². The minimum absolute atomic E-state index is 0.194. The highest BCUT2D eigenvalue weighted by Gasteiger charge is 2.15. The van der Waals surface area contributed by atoms with E-state index in [4.69, 9.17) is 0 Å². The molecule has 1 N–H and O–H groups in total. The predicted octanol–water partition coefficient (Wildman–Crippen LogP) is 4.48. The highest BCUT2D eigenvalue weighted by molar-refractivity contribution is 7.13. The van der Waals surface area contributed by atoms with Crippen molar-refractivity contribution in [2.45, 2.75) is 25.9 Å². The van der Waals surface area contributed by atoms with Gasteiger partial charge in [-0.15, -0.1) is 11.3 Å². The Labute approximate surface area is 168 Å². The van der Waals surface area contributed by atoms with Crippen molar-refractivity contribution >= 4 is 17.2 Å². The third-order valence-corrected chi connectivity index (χ3v) is 5.87. The number of hydrogen-bond donors (Lipinski definition) is 1. The van der Waals surface area contributed by atoms with Gasteiger partial charge in [-0.1, -0.05) is 24.3 Å². The third kappa shape index (κ3) is 4.46. The topological polar surface area (TPSA) is 45.2 Å². The Hall–Kier alpha value is -2.57. The number of amides is 1. The van der Waals surface area contributed by atoms with E-state index in [0.717, 1.165) is 30.8 Å². The van der Waals surface area contributed by atoms with Crippen LogP contribution in [0.4, 0.5) is 4.39 Å². The van der Waals surface area contributed by atoms with Crippen molar-refractivity contribution in [1.82, 2.24) is 15.2 Å². The fourth-order valence-electron chi connectivity index (χ4n) is 3.43. The zero-order chi connectivity index (χ0) is 19.3. The number of carbonyl (C=O) groups excluding carboxylic acids is 1. The molecule has 2 aromatic carbocycles. The van der Waals surface area contributed by atoms with Crippen LogP contribution in [0.1, 0.15) is 34.5 Å². The van der Waals surface area contributed by atoms with Crippen LogP contribution >= 0.6 is 11.3 Å². The first kappa shape index (κ1) is 18.8. The van der Waals surface area contributed by atoms with Gasteiger partial charge in [0.25, 0.3) is 5.91 Å². The Morgan fingerprint density at radius 1 is 1.07 bits per heavy atom. The molecule has 4 rings (SSSR count). The summed E-state index contributed by atoms with van der Waals surface area (Å²) >= 11 is 1.38. The number of aromatic nitrogens is 1. The van der Waals surface area contributed by atoms with Gasteiger partial charge in [0.05, 0.1) is 0 Å². The molecule has 0 unspecified atom stereocenters. The van der Waals surface area contributed by atoms with Gasteiger partial charge in [0.15, 0.2) is 0 Å². The first-order chi connectivity index (χ1) is 13.7. The number of rotatable bonds is 6. The van der Waals surface area contributed by atoms with Crippen LogP contribution in [-0.4, -0.2) is 28.9 Å². The van der Waals surface area contributed by atoms with Gasteiger partial charge in [-0.2, -0.15) is 0 Å². The maximum Gasteiger partial charge on any atom is 0.271 e. The molecule has 0 radical (unpaired) electrons. The van der Waals surface area contributed by atoms with E-state index in [9.17, 15) is 9.18 Å². The first-order valence-corrected chi connectivity index (χ1v) is 10.4. The summed E-state index contributed by atoms with van der Waals surface area (Å²) in [7, 11) is 0. The normalized spacial score (nSPS) is 14.3. The van der Waals surface area contributed by atoms with E-state index in [2.05, 4.69) is 27.3 Å². The van der Waals surface area contributed by atoms with Crippen LogP contribution in [0.25, 0.3) is 10.6 Å². The van der Waals surface area contributed by atoms with Crippen LogP contribution in [0.2, 0.25) is 0 Å². The standard InChI is InChI=1S/C22H22FN3OS/c23-19-9-7-16(8-10-19)22-25-20(15-28-22)21(27)24-13-17-5-1-2-6-18(17)14-26-11-3-4-12-26/h1-2,5-10,15H,3-4,11-14H2,(H,24,27). The average Bonchev–Trinajstić information content (AvgIpc) is 3.40. The van der Waals surface area contributed by atoms with Crippen LogP contribution in [0.15, 0.2) is 53.9 Å². The van der Waals surface area contributed by atoms with Gasteiger partial charge in [0.2, 0.25) is 0 Å². The Bertz CT molecular complexity index is 948. The SMILES string of the molecule is O=C(NCc1ccccc1CN1CCCC1)c1csc(-c2ccc(F)cc2)n1. The summed E-state index contributed by atoms with van der Waals surface area (Å²) in [5.74, 6) is -0.480. The number of benzene rings is 2. The van der Waals surface area contributed by atoms with Gasteiger partial charge in [0.1, 0.15) is 16.5 Å². The summed E-state index contributed by atoms with van der Waals surface area (Å²) in [6, 6.07) is 14.4. The molecule has 0 bridgehead atoms. The second-order valence-electron chi connectivity index (χ2n) is 6.98. The molecule has 1 aromatic heterocycles. The second kappa shape index (κ2) is 8.63. The van der Waals surface area contributed by atoms with Gasteiger partial charge in [-0.05, 0) is 61.3 Å². The molecular formula is C22H22FN3OS.